The van der Waals surface area contributed by atoms with Gasteiger partial charge in [0.25, 0.3) is 0 Å². The first kappa shape index (κ1) is 12.9. The average Bonchev–Trinajstić information content (AvgIpc) is 2.98. The van der Waals surface area contributed by atoms with Crippen molar-refractivity contribution in [3.8, 4) is 0 Å². The zero-order valence-corrected chi connectivity index (χ0v) is 11.0. The molecule has 1 aromatic heterocycles. The fourth-order valence-electron chi connectivity index (χ4n) is 2.29. The number of nitrogens with two attached hydrogens (primary N) is 1. The van der Waals surface area contributed by atoms with Crippen LogP contribution in [-0.4, -0.2) is 30.8 Å². The molecule has 2 heterocycles. The van der Waals surface area contributed by atoms with Crippen molar-refractivity contribution in [2.24, 2.45) is 5.92 Å². The topological polar surface area (TPSA) is 74.4 Å². The van der Waals surface area contributed by atoms with Gasteiger partial charge in [-0.05, 0) is 18.6 Å². The lowest BCUT2D eigenvalue weighted by atomic mass is 10.1. The molecule has 0 saturated carbocycles. The minimum Gasteiger partial charge on any atom is -0.461 e. The smallest absolute Gasteiger partial charge is 0.357 e. The molecule has 0 spiro atoms. The number of ether oxygens (including phenoxy) is 2. The van der Waals surface area contributed by atoms with Gasteiger partial charge >= 0.3 is 5.97 Å². The zero-order chi connectivity index (χ0) is 13.9. The Balaban J connectivity index is 1.77. The predicted octanol–water partition coefficient (Wildman–Crippen LogP) is 2.01. The van der Waals surface area contributed by atoms with E-state index < -0.39 is 5.97 Å². The van der Waals surface area contributed by atoms with Crippen LogP contribution in [0.15, 0.2) is 30.3 Å². The molecule has 5 heteroatoms. The van der Waals surface area contributed by atoms with Gasteiger partial charge in [-0.2, -0.15) is 0 Å². The normalized spacial score (nSPS) is 18.3. The second kappa shape index (κ2) is 5.46. The van der Waals surface area contributed by atoms with Crippen LogP contribution >= 0.6 is 0 Å². The molecular weight excluding hydrogens is 256 g/mol. The van der Waals surface area contributed by atoms with E-state index in [0.29, 0.717) is 24.4 Å². The minimum absolute atomic E-state index is 0.250. The van der Waals surface area contributed by atoms with Crippen molar-refractivity contribution < 1.29 is 14.3 Å². The fraction of sp³-hybridized carbons (Fsp3) is 0.333. The Morgan fingerprint density at radius 2 is 2.30 bits per heavy atom. The van der Waals surface area contributed by atoms with Gasteiger partial charge in [0.1, 0.15) is 0 Å². The number of para-hydroxylation sites is 1. The van der Waals surface area contributed by atoms with Crippen LogP contribution in [0.4, 0.5) is 5.69 Å². The highest BCUT2D eigenvalue weighted by Gasteiger charge is 2.19. The quantitative estimate of drug-likeness (QED) is 0.865. The lowest BCUT2D eigenvalue weighted by Gasteiger charge is -2.09. The van der Waals surface area contributed by atoms with Crippen molar-refractivity contribution in [1.82, 2.24) is 4.98 Å². The van der Waals surface area contributed by atoms with Crippen LogP contribution in [0.25, 0.3) is 10.9 Å². The first-order valence-electron chi connectivity index (χ1n) is 6.64. The number of nitrogens with zero attached hydrogens (tertiary/aromatic N) is 1. The number of anilines is 1. The summed E-state index contributed by atoms with van der Waals surface area (Å²) in [6.45, 7) is 1.76. The van der Waals surface area contributed by atoms with Crippen molar-refractivity contribution >= 4 is 22.6 Å². The minimum atomic E-state index is -0.436. The van der Waals surface area contributed by atoms with Crippen LogP contribution in [-0.2, 0) is 9.47 Å². The van der Waals surface area contributed by atoms with E-state index in [4.69, 9.17) is 15.2 Å². The monoisotopic (exact) mass is 272 g/mol. The van der Waals surface area contributed by atoms with E-state index in [1.807, 2.05) is 24.3 Å². The number of carbonyl (C=O) groups excluding carboxylic acids is 1. The summed E-state index contributed by atoms with van der Waals surface area (Å²) in [6.07, 6.45) is 0.931. The third-order valence-electron chi connectivity index (χ3n) is 3.43. The number of rotatable bonds is 3. The molecule has 5 nitrogen and oxygen atoms in total. The summed E-state index contributed by atoms with van der Waals surface area (Å²) in [6, 6.07) is 9.02. The molecule has 20 heavy (non-hydrogen) atoms. The third kappa shape index (κ3) is 2.58. The summed E-state index contributed by atoms with van der Waals surface area (Å²) in [5.41, 5.74) is 7.43. The fourth-order valence-corrected chi connectivity index (χ4v) is 2.29. The molecule has 1 atom stereocenters. The Bertz CT molecular complexity index is 636. The zero-order valence-electron chi connectivity index (χ0n) is 11.0. The van der Waals surface area contributed by atoms with Crippen LogP contribution in [0.3, 0.4) is 0 Å². The molecule has 1 saturated heterocycles. The molecule has 0 radical (unpaired) electrons. The molecule has 1 aliphatic rings. The molecule has 2 aromatic rings. The van der Waals surface area contributed by atoms with Gasteiger partial charge in [0.05, 0.1) is 18.7 Å². The van der Waals surface area contributed by atoms with Gasteiger partial charge in [-0.3, -0.25) is 0 Å². The highest BCUT2D eigenvalue weighted by molar-refractivity contribution is 5.96. The van der Waals surface area contributed by atoms with Crippen LogP contribution < -0.4 is 5.73 Å². The second-order valence-electron chi connectivity index (χ2n) is 4.94. The standard InChI is InChI=1S/C15H16N2O3/c16-12-7-14(17-13-4-2-1-3-11(12)13)15(18)20-9-10-5-6-19-8-10/h1-4,7,10H,5-6,8-9H2,(H2,16,17). The lowest BCUT2D eigenvalue weighted by molar-refractivity contribution is 0.0422. The Kier molecular flexibility index (Phi) is 3.52. The van der Waals surface area contributed by atoms with E-state index in [1.165, 1.54) is 0 Å². The molecule has 1 aromatic carbocycles. The Hall–Kier alpha value is -2.14. The Morgan fingerprint density at radius 3 is 3.10 bits per heavy atom. The van der Waals surface area contributed by atoms with Gasteiger partial charge in [0.15, 0.2) is 5.69 Å². The number of hydrogen-bond acceptors (Lipinski definition) is 5. The number of esters is 1. The van der Waals surface area contributed by atoms with Crippen LogP contribution in [0.5, 0.6) is 0 Å². The van der Waals surface area contributed by atoms with Crippen molar-refractivity contribution in [2.75, 3.05) is 25.6 Å². The van der Waals surface area contributed by atoms with Crippen molar-refractivity contribution in [3.63, 3.8) is 0 Å². The predicted molar refractivity (Wildman–Crippen MR) is 75.4 cm³/mol. The second-order valence-corrected chi connectivity index (χ2v) is 4.94. The van der Waals surface area contributed by atoms with Gasteiger partial charge < -0.3 is 15.2 Å². The largest absolute Gasteiger partial charge is 0.461 e. The third-order valence-corrected chi connectivity index (χ3v) is 3.43. The van der Waals surface area contributed by atoms with Gasteiger partial charge in [-0.25, -0.2) is 9.78 Å². The molecule has 0 bridgehead atoms. The maximum atomic E-state index is 12.0. The molecule has 1 unspecified atom stereocenters. The van der Waals surface area contributed by atoms with Crippen molar-refractivity contribution in [2.45, 2.75) is 6.42 Å². The Labute approximate surface area is 116 Å². The summed E-state index contributed by atoms with van der Waals surface area (Å²) < 4.78 is 10.5. The number of fused-ring (bicyclic) bond motifs is 1. The number of hydrogen-bond donors (Lipinski definition) is 1. The number of pyridine rings is 1. The number of benzene rings is 1. The first-order valence-corrected chi connectivity index (χ1v) is 6.64. The lowest BCUT2D eigenvalue weighted by Crippen LogP contribution is -2.15. The SMILES string of the molecule is Nc1cc(C(=O)OCC2CCOC2)nc2ccccc12. The number of aromatic nitrogens is 1. The summed E-state index contributed by atoms with van der Waals surface area (Å²) >= 11 is 0. The van der Waals surface area contributed by atoms with E-state index in [-0.39, 0.29) is 11.6 Å². The summed E-state index contributed by atoms with van der Waals surface area (Å²) in [4.78, 5) is 16.3. The van der Waals surface area contributed by atoms with Gasteiger partial charge in [-0.15, -0.1) is 0 Å². The molecule has 1 fully saturated rings. The van der Waals surface area contributed by atoms with Crippen LogP contribution in [0, 0.1) is 5.92 Å². The van der Waals surface area contributed by atoms with Crippen LogP contribution in [0.1, 0.15) is 16.9 Å². The summed E-state index contributed by atoms with van der Waals surface area (Å²) in [5.74, 6) is -0.147. The van der Waals surface area contributed by atoms with Gasteiger partial charge in [0.2, 0.25) is 0 Å². The summed E-state index contributed by atoms with van der Waals surface area (Å²) in [5, 5.41) is 0.841. The van der Waals surface area contributed by atoms with Crippen molar-refractivity contribution in [3.05, 3.63) is 36.0 Å². The molecule has 2 N–H and O–H groups in total. The Morgan fingerprint density at radius 1 is 1.45 bits per heavy atom. The van der Waals surface area contributed by atoms with Gasteiger partial charge in [-0.1, -0.05) is 18.2 Å². The first-order chi connectivity index (χ1) is 9.74. The average molecular weight is 272 g/mol. The van der Waals surface area contributed by atoms with E-state index in [0.717, 1.165) is 18.4 Å². The maximum Gasteiger partial charge on any atom is 0.357 e. The number of carbonyl (C=O) groups is 1. The molecule has 3 rings (SSSR count). The van der Waals surface area contributed by atoms with Crippen LogP contribution in [0.2, 0.25) is 0 Å². The molecule has 104 valence electrons. The van der Waals surface area contributed by atoms with Gasteiger partial charge in [0, 0.05) is 23.6 Å². The molecular formula is C15H16N2O3. The maximum absolute atomic E-state index is 12.0. The van der Waals surface area contributed by atoms with E-state index in [2.05, 4.69) is 4.98 Å². The molecule has 1 aliphatic heterocycles. The number of nitrogen functional groups attached to an aromatic ring is 1. The highest BCUT2D eigenvalue weighted by atomic mass is 16.5. The van der Waals surface area contributed by atoms with E-state index in [1.54, 1.807) is 6.07 Å². The summed E-state index contributed by atoms with van der Waals surface area (Å²) in [7, 11) is 0. The van der Waals surface area contributed by atoms with E-state index in [9.17, 15) is 4.79 Å². The van der Waals surface area contributed by atoms with Crippen molar-refractivity contribution in [1.29, 1.82) is 0 Å². The highest BCUT2D eigenvalue weighted by Crippen LogP contribution is 2.21. The van der Waals surface area contributed by atoms with E-state index >= 15 is 0 Å². The molecule has 0 aliphatic carbocycles. The molecule has 0 amide bonds.